The fourth-order valence-corrected chi connectivity index (χ4v) is 4.82. The van der Waals surface area contributed by atoms with Crippen LogP contribution in [0.1, 0.15) is 13.8 Å². The Morgan fingerprint density at radius 1 is 0.459 bits per heavy atom. The van der Waals surface area contributed by atoms with E-state index in [4.69, 9.17) is 14.7 Å². The SMILES string of the molecule is CCN(CC)c1cccc2c1ccc1ccccc12.OP(O)O.c1ccc2c(c1)ccc1ccccc12. The minimum Gasteiger partial charge on any atom is -0.372 e. The van der Waals surface area contributed by atoms with Crippen molar-refractivity contribution in [2.24, 2.45) is 0 Å². The van der Waals surface area contributed by atoms with Crippen molar-refractivity contribution >= 4 is 57.4 Å². The van der Waals surface area contributed by atoms with Gasteiger partial charge in [0.25, 0.3) is 0 Å². The van der Waals surface area contributed by atoms with Crippen LogP contribution in [0.3, 0.4) is 0 Å². The van der Waals surface area contributed by atoms with Gasteiger partial charge in [-0.15, -0.1) is 0 Å². The highest BCUT2D eigenvalue weighted by Gasteiger charge is 2.08. The molecular weight excluding hydrogens is 477 g/mol. The van der Waals surface area contributed by atoms with Gasteiger partial charge in [0.2, 0.25) is 0 Å². The highest BCUT2D eigenvalue weighted by Crippen LogP contribution is 2.32. The van der Waals surface area contributed by atoms with Gasteiger partial charge in [0.15, 0.2) is 0 Å². The van der Waals surface area contributed by atoms with Gasteiger partial charge in [0.05, 0.1) is 0 Å². The lowest BCUT2D eigenvalue weighted by atomic mass is 10.0. The van der Waals surface area contributed by atoms with Crippen molar-refractivity contribution in [1.29, 1.82) is 0 Å². The van der Waals surface area contributed by atoms with Gasteiger partial charge in [-0.1, -0.05) is 109 Å². The molecule has 0 unspecified atom stereocenters. The second-order valence-corrected chi connectivity index (χ2v) is 9.14. The van der Waals surface area contributed by atoms with Crippen LogP contribution in [0.15, 0.2) is 115 Å². The van der Waals surface area contributed by atoms with E-state index in [0.29, 0.717) is 0 Å². The summed E-state index contributed by atoms with van der Waals surface area (Å²) in [7, 11) is -2.62. The van der Waals surface area contributed by atoms with Crippen molar-refractivity contribution in [1.82, 2.24) is 0 Å². The van der Waals surface area contributed by atoms with Crippen LogP contribution in [0.2, 0.25) is 0 Å². The fraction of sp³-hybridized carbons (Fsp3) is 0.125. The topological polar surface area (TPSA) is 63.9 Å². The first-order chi connectivity index (χ1) is 18.0. The maximum absolute atomic E-state index is 7.23. The Morgan fingerprint density at radius 2 is 0.838 bits per heavy atom. The molecule has 6 aromatic rings. The molecule has 3 N–H and O–H groups in total. The molecule has 0 saturated heterocycles. The smallest absolute Gasteiger partial charge is 0.324 e. The number of rotatable bonds is 3. The normalized spacial score (nSPS) is 10.8. The molecule has 188 valence electrons. The predicted molar refractivity (Wildman–Crippen MR) is 160 cm³/mol. The molecule has 6 aromatic carbocycles. The van der Waals surface area contributed by atoms with E-state index in [0.717, 1.165) is 13.1 Å². The third kappa shape index (κ3) is 6.25. The summed E-state index contributed by atoms with van der Waals surface area (Å²) in [5.74, 6) is 0. The Balaban J connectivity index is 0.000000156. The van der Waals surface area contributed by atoms with E-state index in [-0.39, 0.29) is 0 Å². The van der Waals surface area contributed by atoms with Crippen LogP contribution in [0.4, 0.5) is 5.69 Å². The summed E-state index contributed by atoms with van der Waals surface area (Å²) < 4.78 is 0. The summed E-state index contributed by atoms with van der Waals surface area (Å²) in [5.41, 5.74) is 1.34. The highest BCUT2D eigenvalue weighted by molar-refractivity contribution is 7.38. The second kappa shape index (κ2) is 12.6. The van der Waals surface area contributed by atoms with E-state index in [9.17, 15) is 0 Å². The quantitative estimate of drug-likeness (QED) is 0.167. The van der Waals surface area contributed by atoms with E-state index in [1.807, 2.05) is 0 Å². The Bertz CT molecular complexity index is 1550. The van der Waals surface area contributed by atoms with Crippen LogP contribution in [0.25, 0.3) is 43.1 Å². The molecule has 4 nitrogen and oxygen atoms in total. The predicted octanol–water partition coefficient (Wildman–Crippen LogP) is 8.02. The van der Waals surface area contributed by atoms with Gasteiger partial charge in [0, 0.05) is 24.2 Å². The number of anilines is 1. The van der Waals surface area contributed by atoms with Crippen molar-refractivity contribution in [3.8, 4) is 0 Å². The molecule has 0 aliphatic carbocycles. The zero-order valence-electron chi connectivity index (χ0n) is 21.1. The van der Waals surface area contributed by atoms with Gasteiger partial charge in [-0.3, -0.25) is 0 Å². The van der Waals surface area contributed by atoms with Crippen LogP contribution >= 0.6 is 8.60 Å². The number of fused-ring (bicyclic) bond motifs is 6. The van der Waals surface area contributed by atoms with Crippen LogP contribution in [0, 0.1) is 0 Å². The van der Waals surface area contributed by atoms with Crippen molar-refractivity contribution in [3.05, 3.63) is 115 Å². The molecule has 0 radical (unpaired) electrons. The molecule has 0 saturated carbocycles. The molecule has 37 heavy (non-hydrogen) atoms. The first-order valence-electron chi connectivity index (χ1n) is 12.4. The third-order valence-electron chi connectivity index (χ3n) is 6.52. The first kappa shape index (κ1) is 26.5. The first-order valence-corrected chi connectivity index (χ1v) is 13.6. The van der Waals surface area contributed by atoms with Gasteiger partial charge in [-0.05, 0) is 57.6 Å². The average molecular weight is 510 g/mol. The van der Waals surface area contributed by atoms with E-state index in [1.54, 1.807) is 0 Å². The van der Waals surface area contributed by atoms with Crippen LogP contribution in [-0.4, -0.2) is 27.8 Å². The van der Waals surface area contributed by atoms with E-state index in [2.05, 4.69) is 134 Å². The summed E-state index contributed by atoms with van der Waals surface area (Å²) in [6, 6.07) is 41.1. The van der Waals surface area contributed by atoms with Crippen LogP contribution in [0.5, 0.6) is 0 Å². The van der Waals surface area contributed by atoms with E-state index in [1.165, 1.54) is 48.8 Å². The van der Waals surface area contributed by atoms with Gasteiger partial charge >= 0.3 is 8.60 Å². The average Bonchev–Trinajstić information content (AvgIpc) is 2.94. The molecule has 0 amide bonds. The zero-order valence-corrected chi connectivity index (χ0v) is 22.0. The number of hydrogen-bond acceptors (Lipinski definition) is 4. The third-order valence-corrected chi connectivity index (χ3v) is 6.52. The molecule has 0 aliphatic rings. The Morgan fingerprint density at radius 3 is 1.30 bits per heavy atom. The fourth-order valence-electron chi connectivity index (χ4n) is 4.82. The summed E-state index contributed by atoms with van der Waals surface area (Å²) in [6.07, 6.45) is 0. The lowest BCUT2D eigenvalue weighted by Crippen LogP contribution is -2.21. The lowest BCUT2D eigenvalue weighted by Gasteiger charge is -2.23. The van der Waals surface area contributed by atoms with Gasteiger partial charge in [0.1, 0.15) is 0 Å². The zero-order chi connectivity index (χ0) is 26.2. The van der Waals surface area contributed by atoms with Crippen LogP contribution in [-0.2, 0) is 0 Å². The number of hydrogen-bond donors (Lipinski definition) is 3. The highest BCUT2D eigenvalue weighted by atomic mass is 31.2. The van der Waals surface area contributed by atoms with Crippen molar-refractivity contribution in [2.45, 2.75) is 13.8 Å². The monoisotopic (exact) mass is 509 g/mol. The largest absolute Gasteiger partial charge is 0.372 e. The second-order valence-electron chi connectivity index (χ2n) is 8.61. The van der Waals surface area contributed by atoms with Crippen molar-refractivity contribution in [2.75, 3.05) is 18.0 Å². The van der Waals surface area contributed by atoms with Gasteiger partial charge in [-0.2, -0.15) is 0 Å². The molecule has 0 aliphatic heterocycles. The minimum absolute atomic E-state index is 1.04. The maximum atomic E-state index is 7.23. The van der Waals surface area contributed by atoms with E-state index < -0.39 is 8.60 Å². The van der Waals surface area contributed by atoms with E-state index >= 15 is 0 Å². The van der Waals surface area contributed by atoms with Crippen LogP contribution < -0.4 is 4.90 Å². The number of benzene rings is 6. The maximum Gasteiger partial charge on any atom is 0.324 e. The summed E-state index contributed by atoms with van der Waals surface area (Å²) in [6.45, 7) is 6.51. The van der Waals surface area contributed by atoms with Gasteiger partial charge < -0.3 is 19.6 Å². The lowest BCUT2D eigenvalue weighted by molar-refractivity contribution is 0.368. The van der Waals surface area contributed by atoms with Gasteiger partial charge in [-0.25, -0.2) is 0 Å². The molecule has 6 rings (SSSR count). The molecule has 0 fully saturated rings. The number of nitrogens with zero attached hydrogens (tertiary/aromatic N) is 1. The molecular formula is C32H32NO3P. The van der Waals surface area contributed by atoms with Crippen molar-refractivity contribution in [3.63, 3.8) is 0 Å². The summed E-state index contributed by atoms with van der Waals surface area (Å²) >= 11 is 0. The standard InChI is InChI=1S/C18H19N.C14H10.H3O3P/c1-3-19(4-2)18-11-7-10-16-15-9-6-5-8-14(15)12-13-17(16)18;1-3-7-13-11(5-1)9-10-12-6-2-4-8-14(12)13;1-4(2)3/h5-13H,3-4H2,1-2H3;1-10H;1-3H. The molecule has 5 heteroatoms. The molecule has 0 bridgehead atoms. The molecule has 0 aromatic heterocycles. The summed E-state index contributed by atoms with van der Waals surface area (Å²) in [5, 5.41) is 10.7. The summed E-state index contributed by atoms with van der Waals surface area (Å²) in [4.78, 5) is 24.1. The molecule has 0 heterocycles. The van der Waals surface area contributed by atoms with Crippen molar-refractivity contribution < 1.29 is 14.7 Å². The Labute approximate surface area is 219 Å². The Kier molecular flexibility index (Phi) is 9.05. The molecule has 0 atom stereocenters. The molecule has 0 spiro atoms. The Hall–Kier alpha value is -3.53. The minimum atomic E-state index is -2.62.